The number of aromatic nitrogens is 4. The SMILES string of the molecule is Cc1nn(C)cc1NC(=O)CN1CCCC[C@H]1c1nc(N(C)C)ncc1-c1cccc(Cl)c1. The number of carbonyl (C=O) groups excluding carboxylic acids is 1. The summed E-state index contributed by atoms with van der Waals surface area (Å²) < 4.78 is 1.70. The third-order valence-corrected chi connectivity index (χ3v) is 6.14. The highest BCUT2D eigenvalue weighted by Gasteiger charge is 2.30. The van der Waals surface area contributed by atoms with Crippen molar-refractivity contribution in [3.63, 3.8) is 0 Å². The van der Waals surface area contributed by atoms with Gasteiger partial charge >= 0.3 is 0 Å². The molecular formula is C24H30ClN7O. The Morgan fingerprint density at radius 1 is 1.30 bits per heavy atom. The van der Waals surface area contributed by atoms with Gasteiger partial charge < -0.3 is 10.2 Å². The van der Waals surface area contributed by atoms with Crippen LogP contribution in [-0.2, 0) is 11.8 Å². The van der Waals surface area contributed by atoms with Gasteiger partial charge in [-0.15, -0.1) is 0 Å². The summed E-state index contributed by atoms with van der Waals surface area (Å²) in [5.41, 5.74) is 4.40. The number of anilines is 2. The van der Waals surface area contributed by atoms with E-state index in [1.54, 1.807) is 4.68 Å². The van der Waals surface area contributed by atoms with Crippen molar-refractivity contribution in [1.82, 2.24) is 24.6 Å². The van der Waals surface area contributed by atoms with Gasteiger partial charge in [-0.2, -0.15) is 5.10 Å². The van der Waals surface area contributed by atoms with E-state index in [1.807, 2.05) is 69.6 Å². The lowest BCUT2D eigenvalue weighted by molar-refractivity contribution is -0.118. The number of piperidine rings is 1. The van der Waals surface area contributed by atoms with E-state index in [0.717, 1.165) is 54.0 Å². The van der Waals surface area contributed by atoms with Gasteiger partial charge in [-0.05, 0) is 44.0 Å². The number of nitrogens with one attached hydrogen (secondary N) is 1. The van der Waals surface area contributed by atoms with Crippen LogP contribution in [0.1, 0.15) is 36.7 Å². The van der Waals surface area contributed by atoms with Crippen LogP contribution in [0.5, 0.6) is 0 Å². The Hall–Kier alpha value is -2.97. The fourth-order valence-electron chi connectivity index (χ4n) is 4.32. The fraction of sp³-hybridized carbons (Fsp3) is 0.417. The molecule has 1 fully saturated rings. The van der Waals surface area contributed by atoms with Crippen LogP contribution < -0.4 is 10.2 Å². The molecule has 1 aliphatic heterocycles. The predicted octanol–water partition coefficient (Wildman–Crippen LogP) is 4.07. The van der Waals surface area contributed by atoms with Crippen molar-refractivity contribution < 1.29 is 4.79 Å². The van der Waals surface area contributed by atoms with E-state index in [2.05, 4.69) is 20.3 Å². The maximum Gasteiger partial charge on any atom is 0.238 e. The molecule has 8 nitrogen and oxygen atoms in total. The number of rotatable bonds is 6. The van der Waals surface area contributed by atoms with Crippen molar-refractivity contribution in [3.8, 4) is 11.1 Å². The molecule has 0 spiro atoms. The molecule has 4 rings (SSSR count). The molecule has 1 aromatic carbocycles. The Morgan fingerprint density at radius 3 is 2.82 bits per heavy atom. The molecule has 1 atom stereocenters. The first kappa shape index (κ1) is 23.2. The molecule has 0 radical (unpaired) electrons. The molecule has 174 valence electrons. The summed E-state index contributed by atoms with van der Waals surface area (Å²) in [6, 6.07) is 7.76. The second-order valence-corrected chi connectivity index (χ2v) is 9.14. The van der Waals surface area contributed by atoms with E-state index in [4.69, 9.17) is 16.6 Å². The van der Waals surface area contributed by atoms with E-state index in [-0.39, 0.29) is 18.5 Å². The first-order valence-corrected chi connectivity index (χ1v) is 11.5. The van der Waals surface area contributed by atoms with Crippen LogP contribution in [0.3, 0.4) is 0 Å². The summed E-state index contributed by atoms with van der Waals surface area (Å²) in [6.07, 6.45) is 6.76. The first-order chi connectivity index (χ1) is 15.8. The Balaban J connectivity index is 1.65. The minimum atomic E-state index is -0.0517. The zero-order valence-electron chi connectivity index (χ0n) is 19.5. The number of carbonyl (C=O) groups is 1. The van der Waals surface area contributed by atoms with Gasteiger partial charge in [-0.1, -0.05) is 30.2 Å². The van der Waals surface area contributed by atoms with E-state index in [9.17, 15) is 4.79 Å². The van der Waals surface area contributed by atoms with Crippen molar-refractivity contribution in [3.05, 3.63) is 53.1 Å². The van der Waals surface area contributed by atoms with Crippen LogP contribution in [0.15, 0.2) is 36.7 Å². The number of likely N-dealkylation sites (tertiary alicyclic amines) is 1. The lowest BCUT2D eigenvalue weighted by atomic mass is 9.94. The minimum Gasteiger partial charge on any atom is -0.347 e. The Bertz CT molecular complexity index is 1140. The van der Waals surface area contributed by atoms with Crippen LogP contribution in [0, 0.1) is 6.92 Å². The van der Waals surface area contributed by atoms with Crippen LogP contribution in [0.25, 0.3) is 11.1 Å². The third kappa shape index (κ3) is 5.34. The number of amides is 1. The zero-order chi connectivity index (χ0) is 23.5. The first-order valence-electron chi connectivity index (χ1n) is 11.2. The monoisotopic (exact) mass is 467 g/mol. The van der Waals surface area contributed by atoms with Gasteiger partial charge in [0.15, 0.2) is 0 Å². The van der Waals surface area contributed by atoms with Gasteiger partial charge in [0.1, 0.15) is 0 Å². The molecule has 1 amide bonds. The third-order valence-electron chi connectivity index (χ3n) is 5.90. The lowest BCUT2D eigenvalue weighted by Gasteiger charge is -2.36. The second kappa shape index (κ2) is 9.89. The number of hydrogen-bond donors (Lipinski definition) is 1. The van der Waals surface area contributed by atoms with Crippen molar-refractivity contribution in [2.75, 3.05) is 37.4 Å². The zero-order valence-corrected chi connectivity index (χ0v) is 20.3. The van der Waals surface area contributed by atoms with Crippen molar-refractivity contribution in [1.29, 1.82) is 0 Å². The second-order valence-electron chi connectivity index (χ2n) is 8.71. The maximum absolute atomic E-state index is 12.9. The van der Waals surface area contributed by atoms with Gasteiger partial charge in [-0.3, -0.25) is 14.4 Å². The molecule has 3 heterocycles. The average Bonchev–Trinajstić information content (AvgIpc) is 3.10. The summed E-state index contributed by atoms with van der Waals surface area (Å²) in [5, 5.41) is 7.99. The molecule has 3 aromatic rings. The van der Waals surface area contributed by atoms with E-state index in [1.165, 1.54) is 0 Å². The fourth-order valence-corrected chi connectivity index (χ4v) is 4.51. The molecular weight excluding hydrogens is 438 g/mol. The number of nitrogens with zero attached hydrogens (tertiary/aromatic N) is 6. The molecule has 0 saturated carbocycles. The number of aryl methyl sites for hydroxylation is 2. The highest BCUT2D eigenvalue weighted by molar-refractivity contribution is 6.30. The molecule has 0 aliphatic carbocycles. The topological polar surface area (TPSA) is 79.2 Å². The molecule has 33 heavy (non-hydrogen) atoms. The smallest absolute Gasteiger partial charge is 0.238 e. The van der Waals surface area contributed by atoms with Gasteiger partial charge in [0.25, 0.3) is 0 Å². The largest absolute Gasteiger partial charge is 0.347 e. The summed E-state index contributed by atoms with van der Waals surface area (Å²) in [4.78, 5) is 26.6. The number of hydrogen-bond acceptors (Lipinski definition) is 6. The Kier molecular flexibility index (Phi) is 6.95. The van der Waals surface area contributed by atoms with Crippen LogP contribution in [0.4, 0.5) is 11.6 Å². The van der Waals surface area contributed by atoms with Gasteiger partial charge in [0, 0.05) is 44.1 Å². The maximum atomic E-state index is 12.9. The Labute approximate surface area is 199 Å². The van der Waals surface area contributed by atoms with Crippen molar-refractivity contribution >= 4 is 29.1 Å². The number of benzene rings is 1. The normalized spacial score (nSPS) is 16.6. The van der Waals surface area contributed by atoms with Crippen LogP contribution in [0.2, 0.25) is 5.02 Å². The van der Waals surface area contributed by atoms with Gasteiger partial charge in [0.05, 0.1) is 29.7 Å². The lowest BCUT2D eigenvalue weighted by Crippen LogP contribution is -2.40. The summed E-state index contributed by atoms with van der Waals surface area (Å²) in [7, 11) is 5.71. The highest BCUT2D eigenvalue weighted by atomic mass is 35.5. The van der Waals surface area contributed by atoms with Gasteiger partial charge in [-0.25, -0.2) is 9.97 Å². The van der Waals surface area contributed by atoms with E-state index < -0.39 is 0 Å². The summed E-state index contributed by atoms with van der Waals surface area (Å²) in [6.45, 7) is 3.01. The molecule has 0 bridgehead atoms. The van der Waals surface area contributed by atoms with Crippen molar-refractivity contribution in [2.45, 2.75) is 32.2 Å². The summed E-state index contributed by atoms with van der Waals surface area (Å²) in [5.74, 6) is 0.598. The molecule has 9 heteroatoms. The van der Waals surface area contributed by atoms with Crippen LogP contribution in [-0.4, -0.2) is 57.7 Å². The predicted molar refractivity (Wildman–Crippen MR) is 132 cm³/mol. The number of halogens is 1. The van der Waals surface area contributed by atoms with E-state index >= 15 is 0 Å². The quantitative estimate of drug-likeness (QED) is 0.588. The standard InChI is InChI=1S/C24H30ClN7O/c1-16-20(14-31(4)29-16)27-22(33)15-32-11-6-5-10-21(32)23-19(13-26-24(28-23)30(2)3)17-8-7-9-18(25)12-17/h7-9,12-14,21H,5-6,10-11,15H2,1-4H3,(H,27,33)/t21-/m0/s1. The highest BCUT2D eigenvalue weighted by Crippen LogP contribution is 2.36. The minimum absolute atomic E-state index is 0.00942. The van der Waals surface area contributed by atoms with E-state index in [0.29, 0.717) is 11.0 Å². The van der Waals surface area contributed by atoms with Crippen molar-refractivity contribution in [2.24, 2.45) is 7.05 Å². The van der Waals surface area contributed by atoms with Crippen LogP contribution >= 0.6 is 11.6 Å². The molecule has 2 aromatic heterocycles. The molecule has 1 N–H and O–H groups in total. The van der Waals surface area contributed by atoms with Gasteiger partial charge in [0.2, 0.25) is 11.9 Å². The Morgan fingerprint density at radius 2 is 2.12 bits per heavy atom. The molecule has 1 aliphatic rings. The molecule has 0 unspecified atom stereocenters. The molecule has 1 saturated heterocycles. The average molecular weight is 468 g/mol. The summed E-state index contributed by atoms with van der Waals surface area (Å²) >= 11 is 6.28.